The van der Waals surface area contributed by atoms with Crippen LogP contribution in [0.1, 0.15) is 32.8 Å². The van der Waals surface area contributed by atoms with Crippen molar-refractivity contribution in [1.29, 1.82) is 0 Å². The van der Waals surface area contributed by atoms with Crippen LogP contribution in [0.5, 0.6) is 0 Å². The van der Waals surface area contributed by atoms with Crippen LogP contribution in [-0.2, 0) is 16.0 Å². The first-order chi connectivity index (χ1) is 8.92. The number of rotatable bonds is 6. The highest BCUT2D eigenvalue weighted by atomic mass is 16.5. The van der Waals surface area contributed by atoms with Crippen molar-refractivity contribution in [2.75, 3.05) is 7.11 Å². The van der Waals surface area contributed by atoms with Gasteiger partial charge in [-0.1, -0.05) is 51.1 Å². The van der Waals surface area contributed by atoms with Gasteiger partial charge in [0, 0.05) is 0 Å². The summed E-state index contributed by atoms with van der Waals surface area (Å²) in [4.78, 5) is 11.9. The number of carbonyl (C=O) groups excluding carboxylic acids is 1. The van der Waals surface area contributed by atoms with Crippen LogP contribution in [-0.4, -0.2) is 23.8 Å². The molecule has 0 aliphatic carbocycles. The Kier molecular flexibility index (Phi) is 5.55. The van der Waals surface area contributed by atoms with E-state index in [-0.39, 0.29) is 11.8 Å². The smallest absolute Gasteiger partial charge is 0.338 e. The fraction of sp³-hybridized carbons (Fsp3) is 0.562. The van der Waals surface area contributed by atoms with Gasteiger partial charge in [-0.15, -0.1) is 0 Å². The summed E-state index contributed by atoms with van der Waals surface area (Å²) in [5, 5.41) is 10.6. The Balaban J connectivity index is 2.73. The van der Waals surface area contributed by atoms with Gasteiger partial charge in [-0.05, 0) is 30.2 Å². The van der Waals surface area contributed by atoms with E-state index < -0.39 is 11.6 Å². The standard InChI is InChI=1S/C16H24O3/c1-12(2)16(18,15(17)19-4)13(3)10-11-14-8-6-5-7-9-14/h5-9,12-13,18H,10-11H2,1-4H3. The molecule has 2 unspecified atom stereocenters. The molecule has 1 aromatic carbocycles. The van der Waals surface area contributed by atoms with Crippen molar-refractivity contribution in [3.05, 3.63) is 35.9 Å². The van der Waals surface area contributed by atoms with Gasteiger partial charge in [0.1, 0.15) is 0 Å². The first-order valence-corrected chi connectivity index (χ1v) is 6.77. The molecule has 106 valence electrons. The largest absolute Gasteiger partial charge is 0.467 e. The van der Waals surface area contributed by atoms with Gasteiger partial charge in [0.25, 0.3) is 0 Å². The third-order valence-electron chi connectivity index (χ3n) is 3.85. The van der Waals surface area contributed by atoms with E-state index >= 15 is 0 Å². The Hall–Kier alpha value is -1.35. The van der Waals surface area contributed by atoms with Gasteiger partial charge in [0.2, 0.25) is 0 Å². The van der Waals surface area contributed by atoms with Gasteiger partial charge in [-0.25, -0.2) is 4.79 Å². The van der Waals surface area contributed by atoms with Gasteiger partial charge in [-0.3, -0.25) is 0 Å². The van der Waals surface area contributed by atoms with E-state index in [9.17, 15) is 9.90 Å². The van der Waals surface area contributed by atoms with Crippen LogP contribution in [0.15, 0.2) is 30.3 Å². The van der Waals surface area contributed by atoms with Crippen LogP contribution in [0.2, 0.25) is 0 Å². The van der Waals surface area contributed by atoms with Crippen molar-refractivity contribution in [3.63, 3.8) is 0 Å². The second-order valence-electron chi connectivity index (χ2n) is 5.40. The zero-order chi connectivity index (χ0) is 14.5. The zero-order valence-corrected chi connectivity index (χ0v) is 12.2. The maximum atomic E-state index is 11.9. The molecule has 0 saturated carbocycles. The predicted molar refractivity (Wildman–Crippen MR) is 75.7 cm³/mol. The molecule has 0 heterocycles. The maximum Gasteiger partial charge on any atom is 0.338 e. The molecular weight excluding hydrogens is 240 g/mol. The summed E-state index contributed by atoms with van der Waals surface area (Å²) in [7, 11) is 1.32. The summed E-state index contributed by atoms with van der Waals surface area (Å²) in [5.41, 5.74) is -0.200. The molecule has 0 fully saturated rings. The van der Waals surface area contributed by atoms with Crippen LogP contribution in [0.25, 0.3) is 0 Å². The Morgan fingerprint density at radius 2 is 1.84 bits per heavy atom. The topological polar surface area (TPSA) is 46.5 Å². The molecule has 3 heteroatoms. The summed E-state index contributed by atoms with van der Waals surface area (Å²) in [6.07, 6.45) is 1.59. The number of ether oxygens (including phenoxy) is 1. The summed E-state index contributed by atoms with van der Waals surface area (Å²) in [6, 6.07) is 10.1. The SMILES string of the molecule is COC(=O)C(O)(C(C)C)C(C)CCc1ccccc1. The Bertz CT molecular complexity index is 400. The first kappa shape index (κ1) is 15.7. The van der Waals surface area contributed by atoms with E-state index in [0.29, 0.717) is 0 Å². The van der Waals surface area contributed by atoms with Gasteiger partial charge >= 0.3 is 5.97 Å². The van der Waals surface area contributed by atoms with E-state index in [0.717, 1.165) is 12.8 Å². The molecule has 2 atom stereocenters. The second kappa shape index (κ2) is 6.71. The van der Waals surface area contributed by atoms with Crippen LogP contribution in [0.4, 0.5) is 0 Å². The van der Waals surface area contributed by atoms with Gasteiger partial charge in [0.05, 0.1) is 7.11 Å². The number of aliphatic hydroxyl groups is 1. The van der Waals surface area contributed by atoms with Crippen molar-refractivity contribution in [3.8, 4) is 0 Å². The Morgan fingerprint density at radius 3 is 2.32 bits per heavy atom. The van der Waals surface area contributed by atoms with E-state index in [2.05, 4.69) is 12.1 Å². The number of hydrogen-bond donors (Lipinski definition) is 1. The third kappa shape index (κ3) is 3.57. The zero-order valence-electron chi connectivity index (χ0n) is 12.2. The van der Waals surface area contributed by atoms with Crippen molar-refractivity contribution >= 4 is 5.97 Å². The minimum absolute atomic E-state index is 0.153. The number of esters is 1. The van der Waals surface area contributed by atoms with Crippen molar-refractivity contribution < 1.29 is 14.6 Å². The molecule has 0 aliphatic rings. The lowest BCUT2D eigenvalue weighted by atomic mass is 9.77. The van der Waals surface area contributed by atoms with Crippen molar-refractivity contribution in [2.24, 2.45) is 11.8 Å². The molecule has 1 N–H and O–H groups in total. The first-order valence-electron chi connectivity index (χ1n) is 6.77. The molecule has 0 aromatic heterocycles. The summed E-state index contributed by atoms with van der Waals surface area (Å²) in [5.74, 6) is -0.867. The van der Waals surface area contributed by atoms with Crippen molar-refractivity contribution in [1.82, 2.24) is 0 Å². The van der Waals surface area contributed by atoms with Crippen LogP contribution in [0.3, 0.4) is 0 Å². The van der Waals surface area contributed by atoms with E-state index in [4.69, 9.17) is 4.74 Å². The molecule has 0 saturated heterocycles. The average molecular weight is 264 g/mol. The number of aryl methyl sites for hydroxylation is 1. The van der Waals surface area contributed by atoms with Crippen LogP contribution in [0, 0.1) is 11.8 Å². The van der Waals surface area contributed by atoms with Gasteiger partial charge in [0.15, 0.2) is 5.60 Å². The summed E-state index contributed by atoms with van der Waals surface area (Å²) in [6.45, 7) is 5.59. The summed E-state index contributed by atoms with van der Waals surface area (Å²) < 4.78 is 4.76. The number of methoxy groups -OCH3 is 1. The van der Waals surface area contributed by atoms with Gasteiger partial charge < -0.3 is 9.84 Å². The lowest BCUT2D eigenvalue weighted by molar-refractivity contribution is -0.175. The molecule has 0 amide bonds. The number of hydrogen-bond acceptors (Lipinski definition) is 3. The van der Waals surface area contributed by atoms with E-state index in [1.807, 2.05) is 39.0 Å². The minimum atomic E-state index is -1.41. The fourth-order valence-corrected chi connectivity index (χ4v) is 2.42. The van der Waals surface area contributed by atoms with Gasteiger partial charge in [-0.2, -0.15) is 0 Å². The highest BCUT2D eigenvalue weighted by molar-refractivity contribution is 5.79. The molecule has 3 nitrogen and oxygen atoms in total. The highest BCUT2D eigenvalue weighted by Crippen LogP contribution is 2.31. The number of carbonyl (C=O) groups is 1. The summed E-state index contributed by atoms with van der Waals surface area (Å²) >= 11 is 0. The van der Waals surface area contributed by atoms with E-state index in [1.54, 1.807) is 0 Å². The Labute approximate surface area is 115 Å². The second-order valence-corrected chi connectivity index (χ2v) is 5.40. The van der Waals surface area contributed by atoms with Crippen molar-refractivity contribution in [2.45, 2.75) is 39.2 Å². The lowest BCUT2D eigenvalue weighted by Crippen LogP contribution is -2.50. The molecule has 1 aromatic rings. The molecule has 19 heavy (non-hydrogen) atoms. The molecule has 0 bridgehead atoms. The van der Waals surface area contributed by atoms with Crippen LogP contribution < -0.4 is 0 Å². The third-order valence-corrected chi connectivity index (χ3v) is 3.85. The normalized spacial score (nSPS) is 15.9. The minimum Gasteiger partial charge on any atom is -0.467 e. The molecular formula is C16H24O3. The molecule has 1 rings (SSSR count). The lowest BCUT2D eigenvalue weighted by Gasteiger charge is -2.35. The maximum absolute atomic E-state index is 11.9. The van der Waals surface area contributed by atoms with Crippen LogP contribution >= 0.6 is 0 Å². The highest BCUT2D eigenvalue weighted by Gasteiger charge is 2.45. The Morgan fingerprint density at radius 1 is 1.26 bits per heavy atom. The monoisotopic (exact) mass is 264 g/mol. The predicted octanol–water partition coefficient (Wildman–Crippen LogP) is 2.82. The molecule has 0 spiro atoms. The molecule has 0 radical (unpaired) electrons. The quantitative estimate of drug-likeness (QED) is 0.804. The molecule has 0 aliphatic heterocycles. The average Bonchev–Trinajstić information content (AvgIpc) is 2.43. The fourth-order valence-electron chi connectivity index (χ4n) is 2.42. The van der Waals surface area contributed by atoms with E-state index in [1.165, 1.54) is 12.7 Å². The number of benzene rings is 1.